The van der Waals surface area contributed by atoms with Crippen LogP contribution in [0.5, 0.6) is 0 Å². The largest absolute Gasteiger partial charge is 0.460 e. The highest BCUT2D eigenvalue weighted by Gasteiger charge is 2.35. The summed E-state index contributed by atoms with van der Waals surface area (Å²) < 4.78 is 11.2. The van der Waals surface area contributed by atoms with Crippen LogP contribution in [0.2, 0.25) is 0 Å². The predicted molar refractivity (Wildman–Crippen MR) is 72.8 cm³/mol. The number of nitrogens with zero attached hydrogens (tertiary/aromatic N) is 2. The molecule has 7 heteroatoms. The molecule has 21 heavy (non-hydrogen) atoms. The van der Waals surface area contributed by atoms with Crippen LogP contribution in [-0.2, 0) is 20.8 Å². The molecule has 2 atom stereocenters. The summed E-state index contributed by atoms with van der Waals surface area (Å²) in [6.07, 6.45) is 0.874. The average molecular weight is 294 g/mol. The van der Waals surface area contributed by atoms with E-state index >= 15 is 0 Å². The molecule has 0 saturated carbocycles. The number of ether oxygens (including phenoxy) is 2. The Morgan fingerprint density at radius 1 is 1.48 bits per heavy atom. The summed E-state index contributed by atoms with van der Waals surface area (Å²) in [7, 11) is 0. The summed E-state index contributed by atoms with van der Waals surface area (Å²) in [5.74, 6) is -1.27. The quantitative estimate of drug-likeness (QED) is 0.750. The Labute approximate surface area is 121 Å². The van der Waals surface area contributed by atoms with Gasteiger partial charge in [-0.25, -0.2) is 14.3 Å². The van der Waals surface area contributed by atoms with Crippen molar-refractivity contribution in [2.75, 3.05) is 0 Å². The molecule has 1 aliphatic heterocycles. The molecule has 2 unspecified atom stereocenters. The standard InChI is InChI=1S/C14H18N2O5/c1-3-4-7-16-12(17)6-5-10(15-16)13(18)21-11-8-9(2)20-14(11)19/h5-6,9,11H,3-4,7-8H2,1-2H3. The molecule has 0 spiro atoms. The van der Waals surface area contributed by atoms with E-state index in [1.54, 1.807) is 6.92 Å². The first-order valence-electron chi connectivity index (χ1n) is 7.01. The van der Waals surface area contributed by atoms with Gasteiger partial charge < -0.3 is 9.47 Å². The Morgan fingerprint density at radius 2 is 2.24 bits per heavy atom. The minimum Gasteiger partial charge on any atom is -0.460 e. The fourth-order valence-electron chi connectivity index (χ4n) is 2.03. The molecule has 0 aromatic carbocycles. The molecule has 0 aliphatic carbocycles. The van der Waals surface area contributed by atoms with Gasteiger partial charge in [-0.3, -0.25) is 4.79 Å². The molecule has 1 aromatic rings. The first-order valence-corrected chi connectivity index (χ1v) is 7.01. The molecule has 1 saturated heterocycles. The van der Waals surface area contributed by atoms with Crippen LogP contribution in [0.15, 0.2) is 16.9 Å². The van der Waals surface area contributed by atoms with Crippen molar-refractivity contribution in [1.82, 2.24) is 9.78 Å². The van der Waals surface area contributed by atoms with Crippen LogP contribution in [0.4, 0.5) is 0 Å². The normalized spacial score (nSPS) is 21.1. The lowest BCUT2D eigenvalue weighted by Gasteiger charge is -2.09. The van der Waals surface area contributed by atoms with Gasteiger partial charge in [-0.1, -0.05) is 13.3 Å². The minimum absolute atomic E-state index is 0.0121. The number of hydrogen-bond acceptors (Lipinski definition) is 6. The molecule has 2 rings (SSSR count). The zero-order chi connectivity index (χ0) is 15.4. The van der Waals surface area contributed by atoms with Crippen LogP contribution in [0.25, 0.3) is 0 Å². The summed E-state index contributed by atoms with van der Waals surface area (Å²) in [4.78, 5) is 35.0. The van der Waals surface area contributed by atoms with Gasteiger partial charge in [0.2, 0.25) is 6.10 Å². The second kappa shape index (κ2) is 6.51. The van der Waals surface area contributed by atoms with E-state index in [1.807, 2.05) is 6.92 Å². The van der Waals surface area contributed by atoms with E-state index in [0.29, 0.717) is 13.0 Å². The van der Waals surface area contributed by atoms with Crippen LogP contribution in [0, 0.1) is 0 Å². The SMILES string of the molecule is CCCCn1nc(C(=O)OC2CC(C)OC2=O)ccc1=O. The topological polar surface area (TPSA) is 87.5 Å². The molecule has 1 aliphatic rings. The number of esters is 2. The molecule has 0 N–H and O–H groups in total. The van der Waals surface area contributed by atoms with Crippen molar-refractivity contribution in [2.24, 2.45) is 0 Å². The maximum absolute atomic E-state index is 12.0. The number of cyclic esters (lactones) is 1. The lowest BCUT2D eigenvalue weighted by atomic mass is 10.2. The van der Waals surface area contributed by atoms with Crippen molar-refractivity contribution in [2.45, 2.75) is 51.9 Å². The molecule has 7 nitrogen and oxygen atoms in total. The summed E-state index contributed by atoms with van der Waals surface area (Å²) in [6.45, 7) is 4.17. The first-order chi connectivity index (χ1) is 10.0. The number of carbonyl (C=O) groups is 2. The maximum atomic E-state index is 12.0. The fourth-order valence-corrected chi connectivity index (χ4v) is 2.03. The number of unbranched alkanes of at least 4 members (excludes halogenated alkanes) is 1. The van der Waals surface area contributed by atoms with Crippen LogP contribution >= 0.6 is 0 Å². The van der Waals surface area contributed by atoms with Gasteiger partial charge in [0.15, 0.2) is 5.69 Å². The summed E-state index contributed by atoms with van der Waals surface area (Å²) >= 11 is 0. The van der Waals surface area contributed by atoms with E-state index in [4.69, 9.17) is 9.47 Å². The van der Waals surface area contributed by atoms with Crippen molar-refractivity contribution < 1.29 is 19.1 Å². The van der Waals surface area contributed by atoms with Gasteiger partial charge in [0.1, 0.15) is 6.10 Å². The number of hydrogen-bond donors (Lipinski definition) is 0. The number of carbonyl (C=O) groups excluding carboxylic acids is 2. The van der Waals surface area contributed by atoms with Gasteiger partial charge in [-0.05, 0) is 19.4 Å². The Bertz CT molecular complexity index is 595. The molecular formula is C14H18N2O5. The van der Waals surface area contributed by atoms with Gasteiger partial charge in [0.25, 0.3) is 5.56 Å². The average Bonchev–Trinajstić information content (AvgIpc) is 2.76. The molecule has 2 heterocycles. The number of aromatic nitrogens is 2. The summed E-state index contributed by atoms with van der Waals surface area (Å²) in [6, 6.07) is 2.58. The van der Waals surface area contributed by atoms with E-state index in [0.717, 1.165) is 12.8 Å². The third-order valence-electron chi connectivity index (χ3n) is 3.17. The smallest absolute Gasteiger partial charge is 0.359 e. The predicted octanol–water partition coefficient (Wildman–Crippen LogP) is 0.904. The van der Waals surface area contributed by atoms with E-state index < -0.39 is 18.0 Å². The molecule has 0 bridgehead atoms. The zero-order valence-electron chi connectivity index (χ0n) is 12.1. The van der Waals surface area contributed by atoms with Gasteiger partial charge in [-0.15, -0.1) is 0 Å². The Hall–Kier alpha value is -2.18. The Kier molecular flexibility index (Phi) is 4.72. The third kappa shape index (κ3) is 3.68. The van der Waals surface area contributed by atoms with E-state index in [1.165, 1.54) is 16.8 Å². The lowest BCUT2D eigenvalue weighted by molar-refractivity contribution is -0.147. The highest BCUT2D eigenvalue weighted by Crippen LogP contribution is 2.18. The highest BCUT2D eigenvalue weighted by atomic mass is 16.6. The Balaban J connectivity index is 2.08. The van der Waals surface area contributed by atoms with E-state index in [2.05, 4.69) is 5.10 Å². The van der Waals surface area contributed by atoms with Gasteiger partial charge in [0, 0.05) is 19.0 Å². The monoisotopic (exact) mass is 294 g/mol. The fraction of sp³-hybridized carbons (Fsp3) is 0.571. The number of aryl methyl sites for hydroxylation is 1. The van der Waals surface area contributed by atoms with Gasteiger partial charge in [0.05, 0.1) is 0 Å². The zero-order valence-corrected chi connectivity index (χ0v) is 12.1. The second-order valence-corrected chi connectivity index (χ2v) is 5.01. The van der Waals surface area contributed by atoms with Crippen LogP contribution in [0.3, 0.4) is 0 Å². The van der Waals surface area contributed by atoms with Crippen molar-refractivity contribution in [3.63, 3.8) is 0 Å². The van der Waals surface area contributed by atoms with E-state index in [-0.39, 0.29) is 17.4 Å². The maximum Gasteiger partial charge on any atom is 0.359 e. The Morgan fingerprint density at radius 3 is 2.86 bits per heavy atom. The van der Waals surface area contributed by atoms with Gasteiger partial charge in [-0.2, -0.15) is 5.10 Å². The third-order valence-corrected chi connectivity index (χ3v) is 3.17. The molecule has 0 amide bonds. The molecular weight excluding hydrogens is 276 g/mol. The first kappa shape index (κ1) is 15.2. The lowest BCUT2D eigenvalue weighted by Crippen LogP contribution is -2.27. The van der Waals surface area contributed by atoms with Crippen molar-refractivity contribution in [3.8, 4) is 0 Å². The highest BCUT2D eigenvalue weighted by molar-refractivity contribution is 5.89. The van der Waals surface area contributed by atoms with Crippen molar-refractivity contribution in [3.05, 3.63) is 28.2 Å². The van der Waals surface area contributed by atoms with Crippen molar-refractivity contribution >= 4 is 11.9 Å². The minimum atomic E-state index is -0.898. The molecule has 0 radical (unpaired) electrons. The van der Waals surface area contributed by atoms with Crippen LogP contribution in [0.1, 0.15) is 43.6 Å². The number of rotatable bonds is 5. The molecule has 1 aromatic heterocycles. The summed E-state index contributed by atoms with van der Waals surface area (Å²) in [5, 5.41) is 3.97. The van der Waals surface area contributed by atoms with Crippen molar-refractivity contribution in [1.29, 1.82) is 0 Å². The van der Waals surface area contributed by atoms with E-state index in [9.17, 15) is 14.4 Å². The molecule has 1 fully saturated rings. The van der Waals surface area contributed by atoms with Gasteiger partial charge >= 0.3 is 11.9 Å². The molecule has 114 valence electrons. The van der Waals surface area contributed by atoms with Crippen LogP contribution < -0.4 is 5.56 Å². The second-order valence-electron chi connectivity index (χ2n) is 5.01. The van der Waals surface area contributed by atoms with Crippen LogP contribution in [-0.4, -0.2) is 33.9 Å². The summed E-state index contributed by atoms with van der Waals surface area (Å²) in [5.41, 5.74) is -0.257.